The number of anilines is 1. The first-order valence-electron chi connectivity index (χ1n) is 8.39. The summed E-state index contributed by atoms with van der Waals surface area (Å²) in [6.07, 6.45) is 3.06. The highest BCUT2D eigenvalue weighted by atomic mass is 19.1. The summed E-state index contributed by atoms with van der Waals surface area (Å²) in [6, 6.07) is 16.4. The van der Waals surface area contributed by atoms with Gasteiger partial charge in [0.15, 0.2) is 5.78 Å². The Kier molecular flexibility index (Phi) is 5.68. The molecule has 0 fully saturated rings. The fraction of sp³-hybridized carbons (Fsp3) is 0.0952. The monoisotopic (exact) mass is 363 g/mol. The van der Waals surface area contributed by atoms with E-state index in [-0.39, 0.29) is 30.3 Å². The van der Waals surface area contributed by atoms with Gasteiger partial charge >= 0.3 is 0 Å². The molecule has 3 rings (SSSR count). The molecule has 0 atom stereocenters. The average Bonchev–Trinajstić information content (AvgIpc) is 2.73. The number of aromatic nitrogens is 1. The van der Waals surface area contributed by atoms with Crippen molar-refractivity contribution in [3.05, 3.63) is 95.6 Å². The van der Waals surface area contributed by atoms with Crippen LogP contribution in [0, 0.1) is 5.82 Å². The largest absolute Gasteiger partial charge is 0.324 e. The molecular weight excluding hydrogens is 345 g/mol. The summed E-state index contributed by atoms with van der Waals surface area (Å²) < 4.78 is 14.5. The Morgan fingerprint density at radius 2 is 1.67 bits per heavy atom. The average molecular weight is 363 g/mol. The molecular formula is C21H18FN3O2. The molecule has 0 saturated heterocycles. The van der Waals surface area contributed by atoms with Gasteiger partial charge in [0.05, 0.1) is 13.1 Å². The van der Waals surface area contributed by atoms with Crippen LogP contribution in [0.15, 0.2) is 73.1 Å². The molecule has 0 spiro atoms. The lowest BCUT2D eigenvalue weighted by Gasteiger charge is -2.23. The molecule has 5 nitrogen and oxygen atoms in total. The van der Waals surface area contributed by atoms with E-state index in [2.05, 4.69) is 4.98 Å². The lowest BCUT2D eigenvalue weighted by atomic mass is 10.1. The molecule has 1 heterocycles. The second-order valence-corrected chi connectivity index (χ2v) is 5.90. The molecule has 0 aliphatic rings. The molecule has 2 N–H and O–H groups in total. The number of nitrogens with zero attached hydrogens (tertiary/aromatic N) is 2. The first-order chi connectivity index (χ1) is 13.1. The Bertz CT molecular complexity index is 946. The van der Waals surface area contributed by atoms with Crippen molar-refractivity contribution in [2.45, 2.75) is 6.54 Å². The third-order valence-electron chi connectivity index (χ3n) is 4.13. The fourth-order valence-electron chi connectivity index (χ4n) is 2.68. The highest BCUT2D eigenvalue weighted by Crippen LogP contribution is 2.22. The zero-order chi connectivity index (χ0) is 19.2. The van der Waals surface area contributed by atoms with Crippen molar-refractivity contribution in [2.24, 2.45) is 5.73 Å². The molecule has 0 aliphatic heterocycles. The zero-order valence-corrected chi connectivity index (χ0v) is 14.5. The minimum atomic E-state index is -0.558. The number of amides is 1. The Morgan fingerprint density at radius 1 is 0.963 bits per heavy atom. The van der Waals surface area contributed by atoms with Gasteiger partial charge in [0.2, 0.25) is 0 Å². The number of carbonyl (C=O) groups is 2. The molecule has 0 radical (unpaired) electrons. The van der Waals surface area contributed by atoms with Gasteiger partial charge in [-0.15, -0.1) is 0 Å². The van der Waals surface area contributed by atoms with Crippen molar-refractivity contribution >= 4 is 17.4 Å². The Morgan fingerprint density at radius 3 is 2.30 bits per heavy atom. The topological polar surface area (TPSA) is 76.3 Å². The van der Waals surface area contributed by atoms with Crippen LogP contribution in [0.1, 0.15) is 26.3 Å². The SMILES string of the molecule is NCC(=O)c1ccc(CN(C(=O)c2ccncc2)c2ccccc2)c(F)c1. The Balaban J connectivity index is 1.95. The van der Waals surface area contributed by atoms with Crippen molar-refractivity contribution in [3.63, 3.8) is 0 Å². The highest BCUT2D eigenvalue weighted by molar-refractivity contribution is 6.06. The van der Waals surface area contributed by atoms with E-state index in [4.69, 9.17) is 5.73 Å². The predicted molar refractivity (Wildman–Crippen MR) is 101 cm³/mol. The first kappa shape index (κ1) is 18.4. The van der Waals surface area contributed by atoms with Gasteiger partial charge in [0.25, 0.3) is 5.91 Å². The van der Waals surface area contributed by atoms with Crippen molar-refractivity contribution in [1.82, 2.24) is 4.98 Å². The van der Waals surface area contributed by atoms with Crippen molar-refractivity contribution < 1.29 is 14.0 Å². The van der Waals surface area contributed by atoms with Crippen LogP contribution in [-0.4, -0.2) is 23.2 Å². The molecule has 3 aromatic rings. The third-order valence-corrected chi connectivity index (χ3v) is 4.13. The lowest BCUT2D eigenvalue weighted by Crippen LogP contribution is -2.30. The van der Waals surface area contributed by atoms with Gasteiger partial charge in [-0.2, -0.15) is 0 Å². The van der Waals surface area contributed by atoms with Crippen LogP contribution in [0.2, 0.25) is 0 Å². The van der Waals surface area contributed by atoms with Gasteiger partial charge in [-0.25, -0.2) is 4.39 Å². The molecule has 1 amide bonds. The maximum Gasteiger partial charge on any atom is 0.258 e. The molecule has 136 valence electrons. The van der Waals surface area contributed by atoms with Gasteiger partial charge in [0, 0.05) is 34.8 Å². The normalized spacial score (nSPS) is 10.4. The van der Waals surface area contributed by atoms with Crippen LogP contribution in [0.5, 0.6) is 0 Å². The third kappa shape index (κ3) is 4.24. The van der Waals surface area contributed by atoms with E-state index in [9.17, 15) is 14.0 Å². The number of halogens is 1. The second-order valence-electron chi connectivity index (χ2n) is 5.90. The van der Waals surface area contributed by atoms with Gasteiger partial charge in [-0.3, -0.25) is 14.6 Å². The Hall–Kier alpha value is -3.38. The van der Waals surface area contributed by atoms with Crippen LogP contribution in [0.4, 0.5) is 10.1 Å². The van der Waals surface area contributed by atoms with Gasteiger partial charge in [0.1, 0.15) is 5.82 Å². The molecule has 0 saturated carbocycles. The zero-order valence-electron chi connectivity index (χ0n) is 14.5. The molecule has 0 aliphatic carbocycles. The fourth-order valence-corrected chi connectivity index (χ4v) is 2.68. The molecule has 0 unspecified atom stereocenters. The van der Waals surface area contributed by atoms with E-state index >= 15 is 0 Å². The number of para-hydroxylation sites is 1. The van der Waals surface area contributed by atoms with Gasteiger partial charge in [-0.1, -0.05) is 30.3 Å². The maximum absolute atomic E-state index is 14.5. The van der Waals surface area contributed by atoms with Crippen molar-refractivity contribution in [3.8, 4) is 0 Å². The van der Waals surface area contributed by atoms with Gasteiger partial charge < -0.3 is 10.6 Å². The van der Waals surface area contributed by atoms with E-state index in [1.807, 2.05) is 18.2 Å². The lowest BCUT2D eigenvalue weighted by molar-refractivity contribution is 0.0981. The summed E-state index contributed by atoms with van der Waals surface area (Å²) in [6.45, 7) is -0.163. The number of hydrogen-bond acceptors (Lipinski definition) is 4. The number of nitrogens with two attached hydrogens (primary N) is 1. The number of hydrogen-bond donors (Lipinski definition) is 1. The molecule has 1 aromatic heterocycles. The summed E-state index contributed by atoms with van der Waals surface area (Å²) in [5.74, 6) is -1.17. The summed E-state index contributed by atoms with van der Waals surface area (Å²) in [7, 11) is 0. The highest BCUT2D eigenvalue weighted by Gasteiger charge is 2.20. The number of benzene rings is 2. The standard InChI is InChI=1S/C21H18FN3O2/c22-19-12-16(20(26)13-23)6-7-17(19)14-25(18-4-2-1-3-5-18)21(27)15-8-10-24-11-9-15/h1-12H,13-14,23H2. The Labute approximate surface area is 156 Å². The van der Waals surface area contributed by atoms with E-state index in [1.54, 1.807) is 24.3 Å². The van der Waals surface area contributed by atoms with Crippen LogP contribution in [0.3, 0.4) is 0 Å². The number of pyridine rings is 1. The summed E-state index contributed by atoms with van der Waals surface area (Å²) >= 11 is 0. The molecule has 6 heteroatoms. The second kappa shape index (κ2) is 8.33. The van der Waals surface area contributed by atoms with E-state index in [1.165, 1.54) is 29.4 Å². The molecule has 27 heavy (non-hydrogen) atoms. The predicted octanol–water partition coefficient (Wildman–Crippen LogP) is 3.21. The van der Waals surface area contributed by atoms with Crippen molar-refractivity contribution in [1.29, 1.82) is 0 Å². The summed E-state index contributed by atoms with van der Waals surface area (Å²) in [4.78, 5) is 30.0. The smallest absolute Gasteiger partial charge is 0.258 e. The van der Waals surface area contributed by atoms with Crippen LogP contribution < -0.4 is 10.6 Å². The van der Waals surface area contributed by atoms with Crippen molar-refractivity contribution in [2.75, 3.05) is 11.4 Å². The van der Waals surface area contributed by atoms with Gasteiger partial charge in [-0.05, 0) is 30.3 Å². The minimum absolute atomic E-state index is 0.0219. The minimum Gasteiger partial charge on any atom is -0.324 e. The molecule has 2 aromatic carbocycles. The van der Waals surface area contributed by atoms with Crippen LogP contribution in [-0.2, 0) is 6.54 Å². The summed E-state index contributed by atoms with van der Waals surface area (Å²) in [5.41, 5.74) is 6.93. The quantitative estimate of drug-likeness (QED) is 0.682. The number of Topliss-reactive ketones (excluding diaryl/α,β-unsaturated/α-hetero) is 1. The van der Waals surface area contributed by atoms with E-state index < -0.39 is 5.82 Å². The first-order valence-corrected chi connectivity index (χ1v) is 8.39. The van der Waals surface area contributed by atoms with Crippen LogP contribution >= 0.6 is 0 Å². The van der Waals surface area contributed by atoms with E-state index in [0.717, 1.165) is 6.07 Å². The number of rotatable bonds is 6. The van der Waals surface area contributed by atoms with Crippen LogP contribution in [0.25, 0.3) is 0 Å². The number of carbonyl (C=O) groups excluding carboxylic acids is 2. The summed E-state index contributed by atoms with van der Waals surface area (Å²) in [5, 5.41) is 0. The van der Waals surface area contributed by atoms with E-state index in [0.29, 0.717) is 16.8 Å². The molecule has 0 bridgehead atoms. The maximum atomic E-state index is 14.5. The number of ketones is 1.